The van der Waals surface area contributed by atoms with Gasteiger partial charge in [-0.25, -0.2) is 5.90 Å². The molecule has 15 aromatic rings. The first-order valence-corrected chi connectivity index (χ1v) is 31.6. The Bertz CT molecular complexity index is 5760. The Labute approximate surface area is 574 Å². The van der Waals surface area contributed by atoms with Crippen molar-refractivity contribution in [1.82, 2.24) is 27.4 Å². The number of fused-ring (bicyclic) bond motifs is 30. The number of nitrogens with two attached hydrogens (primary N) is 1. The largest absolute Gasteiger partial charge is 1.00 e. The van der Waals surface area contributed by atoms with Crippen molar-refractivity contribution in [3.63, 3.8) is 0 Å². The number of Topliss-reactive ketones (excluding diaryl/α,β-unsaturated/α-hetero) is 1. The number of ether oxygens (including phenoxy) is 6. The summed E-state index contributed by atoms with van der Waals surface area (Å²) in [6, 6.07) is 63.8. The first-order valence-electron chi connectivity index (χ1n) is 31.6. The summed E-state index contributed by atoms with van der Waals surface area (Å²) in [5, 5.41) is 45.5. The molecule has 6 aliphatic rings. The second-order valence-corrected chi connectivity index (χ2v) is 25.8. The number of carbonyl (C=O) groups is 1. The van der Waals surface area contributed by atoms with E-state index in [1.807, 2.05) is 26.0 Å². The van der Waals surface area contributed by atoms with E-state index in [0.717, 1.165) is 66.1 Å². The number of methoxy groups -OCH3 is 3. The number of carbonyl (C=O) groups excluding carboxylic acids is 1. The average molecular weight is 1290 g/mol. The van der Waals surface area contributed by atoms with Crippen LogP contribution in [0.25, 0.3) is 131 Å². The van der Waals surface area contributed by atoms with Crippen LogP contribution in [-0.4, -0.2) is 114 Å². The Balaban J connectivity index is 0.000000121. The summed E-state index contributed by atoms with van der Waals surface area (Å²) in [5.74, 6) is 3.57. The van der Waals surface area contributed by atoms with Gasteiger partial charge in [0.25, 0.3) is 0 Å². The normalized spacial score (nSPS) is 25.5. The van der Waals surface area contributed by atoms with Gasteiger partial charge in [0.15, 0.2) is 29.1 Å². The topological polar surface area (TPSA) is 233 Å². The molecule has 0 unspecified atom stereocenters. The zero-order chi connectivity index (χ0) is 63.3. The molecule has 0 spiro atoms. The molecule has 7 N–H and O–H groups in total. The van der Waals surface area contributed by atoms with Crippen LogP contribution in [0.1, 0.15) is 60.1 Å². The zero-order valence-corrected chi connectivity index (χ0v) is 56.0. The molecule has 6 aromatic heterocycles. The molecular weight excluding hydrogens is 1220 g/mol. The maximum absolute atomic E-state index is 13.3. The summed E-state index contributed by atoms with van der Waals surface area (Å²) in [6.07, 6.45) is -2.02. The first-order chi connectivity index (χ1) is 45.4. The number of rotatable bonds is 3. The van der Waals surface area contributed by atoms with Gasteiger partial charge in [-0.15, -0.1) is 0 Å². The number of nitrogens with zero attached hydrogens (tertiary/aromatic N) is 7. The molecule has 21 rings (SSSR count). The van der Waals surface area contributed by atoms with Gasteiger partial charge in [0.2, 0.25) is 0 Å². The maximum Gasteiger partial charge on any atom is 1.00 e. The summed E-state index contributed by atoms with van der Waals surface area (Å²) in [6.45, 7) is 6.08. The number of benzene rings is 9. The monoisotopic (exact) mass is 1290 g/mol. The summed E-state index contributed by atoms with van der Waals surface area (Å²) < 4.78 is 51.6. The molecule has 6 aliphatic heterocycles. The van der Waals surface area contributed by atoms with Crippen molar-refractivity contribution in [3.05, 3.63) is 182 Å². The van der Waals surface area contributed by atoms with Gasteiger partial charge in [-0.2, -0.15) is 0 Å². The minimum Gasteiger partial charge on any atom is -1.00 e. The molecule has 3 saturated heterocycles. The van der Waals surface area contributed by atoms with E-state index >= 15 is 0 Å². The van der Waals surface area contributed by atoms with Gasteiger partial charge in [-0.05, 0) is 57.2 Å². The number of hydrogen-bond acceptors (Lipinski definition) is 12. The number of aliphatic hydroxyl groups is 1. The van der Waals surface area contributed by atoms with Crippen LogP contribution in [-0.2, 0) is 50.4 Å². The van der Waals surface area contributed by atoms with Gasteiger partial charge in [-0.1, -0.05) is 151 Å². The van der Waals surface area contributed by atoms with Crippen LogP contribution in [0, 0.1) is 0 Å². The molecule has 12 heterocycles. The third-order valence-corrected chi connectivity index (χ3v) is 21.3. The number of para-hydroxylation sites is 6. The van der Waals surface area contributed by atoms with Gasteiger partial charge in [0.1, 0.15) is 30.9 Å². The zero-order valence-electron chi connectivity index (χ0n) is 55.0. The van der Waals surface area contributed by atoms with E-state index in [1.165, 1.54) is 64.8 Å². The molecule has 21 heteroatoms. The fourth-order valence-corrected chi connectivity index (χ4v) is 18.0. The molecule has 0 amide bonds. The van der Waals surface area contributed by atoms with Crippen molar-refractivity contribution in [3.8, 4) is 0 Å². The molecule has 6 bridgehead atoms. The molecule has 3 radical (unpaired) electrons. The third-order valence-electron chi connectivity index (χ3n) is 21.3. The Hall–Kier alpha value is -8.42. The van der Waals surface area contributed by atoms with Crippen molar-refractivity contribution in [2.24, 2.45) is 11.1 Å². The molecule has 479 valence electrons. The average Bonchev–Trinajstić information content (AvgIpc) is 1.54. The number of aromatic nitrogens is 6. The smallest absolute Gasteiger partial charge is 1.00 e. The fourth-order valence-electron chi connectivity index (χ4n) is 18.0. The Morgan fingerprint density at radius 2 is 0.740 bits per heavy atom. The second-order valence-electron chi connectivity index (χ2n) is 25.8. The van der Waals surface area contributed by atoms with Gasteiger partial charge in [0.05, 0.1) is 84.4 Å². The molecule has 0 saturated carbocycles. The SMILES string of the molecule is CO[C@@H]1/C(=N/O)C[C@H]2O[C@]1(C)n1c3ccccc3c3ccc4c5ccccc5n2c4c31.CO[C@@H]1C(=O)C[C@H]2O[C@]1(C)n1c3ccccc3c3ccc4c5ccccc5n2c4c31.CO[C@@H]1[C@H](O)C[C@H]2O[C@]1(C)n1c3ccccc3c3ccc4c5ccccc5n2c4c31.NO.O.[B].[H-].[Na+]. The van der Waals surface area contributed by atoms with Crippen molar-refractivity contribution in [1.29, 1.82) is 0 Å². The predicted octanol–water partition coefficient (Wildman–Crippen LogP) is 10.6. The van der Waals surface area contributed by atoms with Gasteiger partial charge in [-0.3, -0.25) is 4.79 Å². The van der Waals surface area contributed by atoms with Crippen LogP contribution in [0.3, 0.4) is 0 Å². The van der Waals surface area contributed by atoms with Crippen LogP contribution in [0.2, 0.25) is 0 Å². The summed E-state index contributed by atoms with van der Waals surface area (Å²) >= 11 is 0. The van der Waals surface area contributed by atoms with Crippen molar-refractivity contribution >= 4 is 151 Å². The van der Waals surface area contributed by atoms with Gasteiger partial charge in [0, 0.05) is 107 Å². The molecule has 3 fully saturated rings. The molecule has 19 nitrogen and oxygen atoms in total. The van der Waals surface area contributed by atoms with E-state index in [9.17, 15) is 15.1 Å². The molecular formula is C75H69BN8NaO11. The van der Waals surface area contributed by atoms with Gasteiger partial charge < -0.3 is 78.2 Å². The second kappa shape index (κ2) is 22.9. The van der Waals surface area contributed by atoms with E-state index < -0.39 is 41.6 Å². The quantitative estimate of drug-likeness (QED) is 0.0738. The van der Waals surface area contributed by atoms with Crippen molar-refractivity contribution in [2.45, 2.75) is 100 Å². The van der Waals surface area contributed by atoms with Crippen LogP contribution in [0.4, 0.5) is 0 Å². The van der Waals surface area contributed by atoms with E-state index in [0.29, 0.717) is 25.0 Å². The van der Waals surface area contributed by atoms with Gasteiger partial charge >= 0.3 is 29.6 Å². The maximum atomic E-state index is 13.3. The summed E-state index contributed by atoms with van der Waals surface area (Å²) in [4.78, 5) is 13.3. The molecule has 96 heavy (non-hydrogen) atoms. The van der Waals surface area contributed by atoms with E-state index in [2.05, 4.69) is 215 Å². The molecule has 0 aliphatic carbocycles. The Morgan fingerprint density at radius 3 is 1.10 bits per heavy atom. The Morgan fingerprint density at radius 1 is 0.438 bits per heavy atom. The van der Waals surface area contributed by atoms with Crippen LogP contribution >= 0.6 is 0 Å². The van der Waals surface area contributed by atoms with E-state index in [-0.39, 0.29) is 69.3 Å². The molecule has 10 atom stereocenters. The van der Waals surface area contributed by atoms with E-state index in [4.69, 9.17) is 33.6 Å². The number of ketones is 1. The third kappa shape index (κ3) is 8.06. The number of hydrogen-bond donors (Lipinski definition) is 4. The Kier molecular flexibility index (Phi) is 15.1. The minimum atomic E-state index is -0.940. The first kappa shape index (κ1) is 63.6. The summed E-state index contributed by atoms with van der Waals surface area (Å²) in [5.41, 5.74) is 11.3. The number of aliphatic hydroxyl groups excluding tert-OH is 1. The summed E-state index contributed by atoms with van der Waals surface area (Å²) in [7, 11) is 4.91. The van der Waals surface area contributed by atoms with Crippen molar-refractivity contribution in [2.75, 3.05) is 21.3 Å². The van der Waals surface area contributed by atoms with E-state index in [1.54, 1.807) is 21.3 Å². The van der Waals surface area contributed by atoms with Crippen LogP contribution in [0.15, 0.2) is 187 Å². The minimum absolute atomic E-state index is 0. The fraction of sp³-hybridized carbons (Fsp3) is 0.253. The van der Waals surface area contributed by atoms with Crippen molar-refractivity contribution < 1.29 is 85.2 Å². The van der Waals surface area contributed by atoms with Crippen LogP contribution < -0.4 is 35.5 Å². The molecule has 9 aromatic carbocycles. The standard InChI is InChI=1S/C25H21N3O3.C25H22N2O3.C25H20N2O3.B.H3NO.Na.H2O.H/c1-25-24(30-2)18(26-29)13-21(31-25)27-19-9-5-3-7-14(19)16-11-12-17-15-8-4-6-10-20(15)28(25)23(17)22(16)27;2*1-25-24(29-2)20(28)13-21(30-25)26-18-9-5-3-7-14(18)16-11-12-17-15-8-4-6-10-19(15)27(25)23(17)22(16)26;;1-2;;;/h3-12,21,24,29H,13H2,1-2H3;3-12,20-21,24,28H,13H2,1-2H3;3-12,21,24H,13H2,1-2H3;;2H,1H2;;1H2;/q;;;;;+1;;-1/b26-18+;;;;;;;/t21-,24-,25+;20-,21-,24-,25+;21-,24-,25+;;;;;/m111...../s1. The number of oxime groups is 1. The predicted molar refractivity (Wildman–Crippen MR) is 372 cm³/mol. The van der Waals surface area contributed by atoms with Crippen LogP contribution in [0.5, 0.6) is 0 Å².